The van der Waals surface area contributed by atoms with Gasteiger partial charge in [-0.1, -0.05) is 25.2 Å². The molecule has 1 atom stereocenters. The third-order valence-electron chi connectivity index (χ3n) is 2.58. The molecular weight excluding hydrogens is 170 g/mol. The van der Waals surface area contributed by atoms with Gasteiger partial charge in [-0.25, -0.2) is 0 Å². The second-order valence-electron chi connectivity index (χ2n) is 4.01. The van der Waals surface area contributed by atoms with Crippen molar-refractivity contribution < 1.29 is 0 Å². The topological polar surface area (TPSA) is 37.8 Å². The first-order chi connectivity index (χ1) is 5.68. The van der Waals surface area contributed by atoms with Gasteiger partial charge >= 0.3 is 0 Å². The number of aromatic nitrogens is 2. The lowest BCUT2D eigenvalue weighted by molar-refractivity contribution is 0.573. The highest BCUT2D eigenvalue weighted by atomic mass is 32.1. The molecule has 0 aromatic carbocycles. The van der Waals surface area contributed by atoms with Gasteiger partial charge in [-0.15, -0.1) is 10.2 Å². The van der Waals surface area contributed by atoms with Crippen molar-refractivity contribution in [3.63, 3.8) is 0 Å². The Labute approximate surface area is 76.2 Å². The van der Waals surface area contributed by atoms with Crippen molar-refractivity contribution in [1.29, 1.82) is 0 Å². The van der Waals surface area contributed by atoms with E-state index in [2.05, 4.69) is 29.4 Å². The van der Waals surface area contributed by atoms with Crippen molar-refractivity contribution in [2.75, 3.05) is 11.9 Å². The van der Waals surface area contributed by atoms with Crippen molar-refractivity contribution in [3.8, 4) is 0 Å². The van der Waals surface area contributed by atoms with Crippen LogP contribution in [0.1, 0.15) is 20.3 Å². The van der Waals surface area contributed by atoms with Crippen LogP contribution < -0.4 is 5.32 Å². The molecule has 0 bridgehead atoms. The maximum Gasteiger partial charge on any atom is 0.205 e. The fourth-order valence-electron chi connectivity index (χ4n) is 1.39. The Bertz CT molecular complexity index is 255. The molecule has 1 aliphatic rings. The minimum atomic E-state index is 0.553. The Morgan fingerprint density at radius 1 is 1.75 bits per heavy atom. The lowest BCUT2D eigenvalue weighted by Crippen LogP contribution is -2.06. The molecule has 1 aromatic heterocycles. The molecule has 1 aliphatic carbocycles. The summed E-state index contributed by atoms with van der Waals surface area (Å²) in [5.41, 5.74) is 2.30. The van der Waals surface area contributed by atoms with Crippen LogP contribution in [0.5, 0.6) is 0 Å². The Morgan fingerprint density at radius 3 is 3.00 bits per heavy atom. The van der Waals surface area contributed by atoms with Crippen LogP contribution in [-0.4, -0.2) is 16.7 Å². The van der Waals surface area contributed by atoms with Crippen LogP contribution in [0.25, 0.3) is 0 Å². The van der Waals surface area contributed by atoms with E-state index in [9.17, 15) is 0 Å². The van der Waals surface area contributed by atoms with Gasteiger partial charge in [0, 0.05) is 6.54 Å². The third kappa shape index (κ3) is 1.58. The molecule has 3 nitrogen and oxygen atoms in total. The van der Waals surface area contributed by atoms with Crippen LogP contribution in [0.4, 0.5) is 5.13 Å². The lowest BCUT2D eigenvalue weighted by Gasteiger charge is -2.02. The average Bonchev–Trinajstić information content (AvgIpc) is 2.54. The molecule has 0 amide bonds. The maximum atomic E-state index is 3.92. The molecule has 1 saturated carbocycles. The number of anilines is 1. The Balaban J connectivity index is 1.78. The van der Waals surface area contributed by atoms with Crippen LogP contribution >= 0.6 is 11.3 Å². The highest BCUT2D eigenvalue weighted by Gasteiger charge is 2.44. The molecule has 1 aromatic rings. The molecule has 66 valence electrons. The summed E-state index contributed by atoms with van der Waals surface area (Å²) in [5, 5.41) is 11.9. The lowest BCUT2D eigenvalue weighted by atomic mass is 10.1. The SMILES string of the molecule is CC1(C)CC1CNc1nncs1. The van der Waals surface area contributed by atoms with Crippen LogP contribution in [0.15, 0.2) is 5.51 Å². The predicted molar refractivity (Wildman–Crippen MR) is 50.3 cm³/mol. The van der Waals surface area contributed by atoms with E-state index in [0.29, 0.717) is 5.41 Å². The standard InChI is InChI=1S/C8H13N3S/c1-8(2)3-6(8)4-9-7-11-10-5-12-7/h5-6H,3-4H2,1-2H3,(H,9,11). The summed E-state index contributed by atoms with van der Waals surface area (Å²) >= 11 is 1.56. The van der Waals surface area contributed by atoms with E-state index in [0.717, 1.165) is 17.6 Å². The summed E-state index contributed by atoms with van der Waals surface area (Å²) in [5.74, 6) is 0.821. The van der Waals surface area contributed by atoms with Gasteiger partial charge in [0.15, 0.2) is 0 Å². The molecule has 4 heteroatoms. The summed E-state index contributed by atoms with van der Waals surface area (Å²) in [4.78, 5) is 0. The van der Waals surface area contributed by atoms with Crippen LogP contribution in [-0.2, 0) is 0 Å². The Hall–Kier alpha value is -0.640. The van der Waals surface area contributed by atoms with Crippen molar-refractivity contribution in [1.82, 2.24) is 10.2 Å². The minimum absolute atomic E-state index is 0.553. The van der Waals surface area contributed by atoms with Gasteiger partial charge in [0.1, 0.15) is 5.51 Å². The van der Waals surface area contributed by atoms with Gasteiger partial charge < -0.3 is 5.32 Å². The normalized spacial score (nSPS) is 25.3. The first-order valence-corrected chi connectivity index (χ1v) is 5.06. The van der Waals surface area contributed by atoms with Gasteiger partial charge in [0.05, 0.1) is 0 Å². The van der Waals surface area contributed by atoms with Crippen LogP contribution in [0.2, 0.25) is 0 Å². The molecule has 1 heterocycles. The van der Waals surface area contributed by atoms with Crippen molar-refractivity contribution in [2.45, 2.75) is 20.3 Å². The monoisotopic (exact) mass is 183 g/mol. The average molecular weight is 183 g/mol. The zero-order valence-corrected chi connectivity index (χ0v) is 8.19. The minimum Gasteiger partial charge on any atom is -0.360 e. The molecule has 0 saturated heterocycles. The molecule has 0 spiro atoms. The smallest absolute Gasteiger partial charge is 0.205 e. The van der Waals surface area contributed by atoms with E-state index in [1.807, 2.05) is 0 Å². The molecule has 2 rings (SSSR count). The zero-order valence-electron chi connectivity index (χ0n) is 7.37. The van der Waals surface area contributed by atoms with Crippen LogP contribution in [0.3, 0.4) is 0 Å². The predicted octanol–water partition coefficient (Wildman–Crippen LogP) is 2.00. The summed E-state index contributed by atoms with van der Waals surface area (Å²) < 4.78 is 0. The summed E-state index contributed by atoms with van der Waals surface area (Å²) in [6.45, 7) is 5.65. The van der Waals surface area contributed by atoms with E-state index in [-0.39, 0.29) is 0 Å². The molecule has 0 radical (unpaired) electrons. The van der Waals surface area contributed by atoms with E-state index >= 15 is 0 Å². The number of hydrogen-bond donors (Lipinski definition) is 1. The number of nitrogens with one attached hydrogen (secondary N) is 1. The summed E-state index contributed by atoms with van der Waals surface area (Å²) in [7, 11) is 0. The van der Waals surface area contributed by atoms with Gasteiger partial charge in [-0.2, -0.15) is 0 Å². The third-order valence-corrected chi connectivity index (χ3v) is 3.23. The number of rotatable bonds is 3. The second kappa shape index (κ2) is 2.69. The number of hydrogen-bond acceptors (Lipinski definition) is 4. The van der Waals surface area contributed by atoms with E-state index in [1.54, 1.807) is 16.8 Å². The van der Waals surface area contributed by atoms with Gasteiger partial charge in [0.2, 0.25) is 5.13 Å². The molecule has 1 fully saturated rings. The van der Waals surface area contributed by atoms with E-state index in [4.69, 9.17) is 0 Å². The second-order valence-corrected chi connectivity index (χ2v) is 4.85. The van der Waals surface area contributed by atoms with Crippen LogP contribution in [0, 0.1) is 11.3 Å². The first-order valence-electron chi connectivity index (χ1n) is 4.18. The first kappa shape index (κ1) is 7.98. The summed E-state index contributed by atoms with van der Waals surface area (Å²) in [6, 6.07) is 0. The van der Waals surface area contributed by atoms with Crippen molar-refractivity contribution in [2.24, 2.45) is 11.3 Å². The fraction of sp³-hybridized carbons (Fsp3) is 0.750. The van der Waals surface area contributed by atoms with Gasteiger partial charge in [-0.3, -0.25) is 0 Å². The molecule has 1 unspecified atom stereocenters. The van der Waals surface area contributed by atoms with Crippen molar-refractivity contribution in [3.05, 3.63) is 5.51 Å². The molecule has 12 heavy (non-hydrogen) atoms. The van der Waals surface area contributed by atoms with Crippen molar-refractivity contribution >= 4 is 16.5 Å². The zero-order chi connectivity index (χ0) is 8.60. The maximum absolute atomic E-state index is 3.92. The number of nitrogens with zero attached hydrogens (tertiary/aromatic N) is 2. The van der Waals surface area contributed by atoms with Gasteiger partial charge in [-0.05, 0) is 17.8 Å². The highest BCUT2D eigenvalue weighted by Crippen LogP contribution is 2.51. The highest BCUT2D eigenvalue weighted by molar-refractivity contribution is 7.13. The quantitative estimate of drug-likeness (QED) is 0.778. The van der Waals surface area contributed by atoms with E-state index in [1.165, 1.54) is 6.42 Å². The fourth-order valence-corrected chi connectivity index (χ4v) is 1.84. The largest absolute Gasteiger partial charge is 0.360 e. The summed E-state index contributed by atoms with van der Waals surface area (Å²) in [6.07, 6.45) is 1.33. The molecule has 0 aliphatic heterocycles. The van der Waals surface area contributed by atoms with E-state index < -0.39 is 0 Å². The molecule has 1 N–H and O–H groups in total. The van der Waals surface area contributed by atoms with Gasteiger partial charge in [0.25, 0.3) is 0 Å². The Kier molecular flexibility index (Phi) is 1.79. The Morgan fingerprint density at radius 2 is 2.50 bits per heavy atom. The molecular formula is C8H13N3S.